The lowest BCUT2D eigenvalue weighted by Crippen LogP contribution is -2.51. The number of phosphoric ester groups is 1. The second kappa shape index (κ2) is 14.6. The summed E-state index contributed by atoms with van der Waals surface area (Å²) in [4.78, 5) is 19.9. The van der Waals surface area contributed by atoms with Crippen LogP contribution in [0.4, 0.5) is 0 Å². The fourth-order valence-corrected chi connectivity index (χ4v) is 10.2. The Kier molecular flexibility index (Phi) is 11.8. The van der Waals surface area contributed by atoms with Gasteiger partial charge in [-0.3, -0.25) is 9.05 Å². The minimum atomic E-state index is -4.38. The van der Waals surface area contributed by atoms with Crippen LogP contribution in [0.5, 0.6) is 0 Å². The lowest BCUT2D eigenvalue weighted by atomic mass is 9.47. The summed E-state index contributed by atoms with van der Waals surface area (Å²) in [6.45, 7) is 12.3. The zero-order valence-corrected chi connectivity index (χ0v) is 27.6. The zero-order chi connectivity index (χ0) is 30.5. The average molecular weight is 613 g/mol. The molecule has 0 aromatic rings. The van der Waals surface area contributed by atoms with Crippen LogP contribution in [0.2, 0.25) is 0 Å². The Balaban J connectivity index is 1.22. The highest BCUT2D eigenvalue weighted by Crippen LogP contribution is 2.67. The van der Waals surface area contributed by atoms with E-state index in [9.17, 15) is 14.3 Å². The number of carboxylic acid groups (broad SMARTS) is 1. The van der Waals surface area contributed by atoms with E-state index in [1.165, 1.54) is 57.8 Å². The molecule has 0 bridgehead atoms. The second-order valence-electron chi connectivity index (χ2n) is 14.6. The summed E-state index contributed by atoms with van der Waals surface area (Å²) in [7, 11) is -4.38. The normalized spacial score (nSPS) is 36.5. The van der Waals surface area contributed by atoms with Crippen LogP contribution in [-0.2, 0) is 27.9 Å². The van der Waals surface area contributed by atoms with Crippen LogP contribution < -0.4 is 0 Å². The first-order valence-corrected chi connectivity index (χ1v) is 18.1. The maximum Gasteiger partial charge on any atom is 0.472 e. The van der Waals surface area contributed by atoms with Crippen molar-refractivity contribution in [3.8, 4) is 0 Å². The Hall–Kier alpha value is -0.760. The van der Waals surface area contributed by atoms with Crippen molar-refractivity contribution < 1.29 is 37.9 Å². The maximum absolute atomic E-state index is 11.6. The van der Waals surface area contributed by atoms with Crippen LogP contribution >= 0.6 is 7.82 Å². The fraction of sp³-hybridized carbons (Fsp3) is 0.909. The van der Waals surface area contributed by atoms with Gasteiger partial charge in [0.15, 0.2) is 6.61 Å². The minimum absolute atomic E-state index is 0.0962. The van der Waals surface area contributed by atoms with Crippen LogP contribution in [0.25, 0.3) is 0 Å². The molecular weight excluding hydrogens is 555 g/mol. The van der Waals surface area contributed by atoms with Crippen molar-refractivity contribution in [3.05, 3.63) is 11.6 Å². The first-order chi connectivity index (χ1) is 19.9. The van der Waals surface area contributed by atoms with Gasteiger partial charge in [-0.25, -0.2) is 9.36 Å². The van der Waals surface area contributed by atoms with Gasteiger partial charge in [-0.15, -0.1) is 0 Å². The van der Waals surface area contributed by atoms with E-state index in [0.29, 0.717) is 24.0 Å². The van der Waals surface area contributed by atoms with Gasteiger partial charge in [0.2, 0.25) is 0 Å². The molecule has 8 nitrogen and oxygen atoms in total. The minimum Gasteiger partial charge on any atom is -0.480 e. The molecule has 4 aliphatic carbocycles. The van der Waals surface area contributed by atoms with Gasteiger partial charge >= 0.3 is 13.8 Å². The molecule has 2 N–H and O–H groups in total. The van der Waals surface area contributed by atoms with E-state index >= 15 is 0 Å². The van der Waals surface area contributed by atoms with Gasteiger partial charge < -0.3 is 19.5 Å². The third-order valence-corrected chi connectivity index (χ3v) is 12.6. The van der Waals surface area contributed by atoms with Gasteiger partial charge in [-0.1, -0.05) is 65.5 Å². The molecule has 0 radical (unpaired) electrons. The molecular formula is C33H57O8P. The van der Waals surface area contributed by atoms with Gasteiger partial charge in [0.05, 0.1) is 32.5 Å². The molecule has 0 aromatic heterocycles. The van der Waals surface area contributed by atoms with E-state index < -0.39 is 20.4 Å². The van der Waals surface area contributed by atoms with Gasteiger partial charge in [-0.05, 0) is 97.7 Å². The third kappa shape index (κ3) is 8.09. The van der Waals surface area contributed by atoms with E-state index in [1.54, 1.807) is 5.57 Å². The number of carbonyl (C=O) groups is 1. The first-order valence-electron chi connectivity index (χ1n) is 16.6. The Morgan fingerprint density at radius 2 is 1.76 bits per heavy atom. The van der Waals surface area contributed by atoms with Crippen LogP contribution in [0, 0.1) is 46.3 Å². The van der Waals surface area contributed by atoms with Crippen molar-refractivity contribution in [3.63, 3.8) is 0 Å². The summed E-state index contributed by atoms with van der Waals surface area (Å²) in [5, 5.41) is 8.53. The predicted octanol–water partition coefficient (Wildman–Crippen LogP) is 7.65. The average Bonchev–Trinajstić information content (AvgIpc) is 3.28. The van der Waals surface area contributed by atoms with E-state index in [1.807, 2.05) is 0 Å². The van der Waals surface area contributed by atoms with Crippen LogP contribution in [0.15, 0.2) is 11.6 Å². The number of aliphatic carboxylic acids is 1. The summed E-state index contributed by atoms with van der Waals surface area (Å²) in [5.74, 6) is 3.73. The van der Waals surface area contributed by atoms with Crippen molar-refractivity contribution in [2.75, 3.05) is 33.0 Å². The quantitative estimate of drug-likeness (QED) is 0.104. The van der Waals surface area contributed by atoms with E-state index in [0.717, 1.165) is 48.3 Å². The van der Waals surface area contributed by atoms with Gasteiger partial charge in [-0.2, -0.15) is 0 Å². The van der Waals surface area contributed by atoms with Gasteiger partial charge in [0, 0.05) is 0 Å². The van der Waals surface area contributed by atoms with E-state index in [4.69, 9.17) is 19.1 Å². The summed E-state index contributed by atoms with van der Waals surface area (Å²) in [6.07, 6.45) is 17.1. The molecule has 3 fully saturated rings. The van der Waals surface area contributed by atoms with Gasteiger partial charge in [0.25, 0.3) is 0 Å². The lowest BCUT2D eigenvalue weighted by Gasteiger charge is -2.58. The third-order valence-electron chi connectivity index (χ3n) is 11.7. The predicted molar refractivity (Wildman–Crippen MR) is 163 cm³/mol. The van der Waals surface area contributed by atoms with Crippen molar-refractivity contribution in [2.45, 2.75) is 111 Å². The molecule has 242 valence electrons. The van der Waals surface area contributed by atoms with Crippen molar-refractivity contribution in [2.24, 2.45) is 46.3 Å². The molecule has 0 spiro atoms. The van der Waals surface area contributed by atoms with Crippen molar-refractivity contribution >= 4 is 13.8 Å². The molecule has 0 aliphatic heterocycles. The number of allylic oxidation sites excluding steroid dienone is 1. The molecule has 4 rings (SSSR count). The first kappa shape index (κ1) is 34.1. The lowest BCUT2D eigenvalue weighted by molar-refractivity contribution is -0.140. The number of hydrogen-bond acceptors (Lipinski definition) is 6. The van der Waals surface area contributed by atoms with E-state index in [2.05, 4.69) is 45.2 Å². The van der Waals surface area contributed by atoms with Crippen molar-refractivity contribution in [1.29, 1.82) is 0 Å². The van der Waals surface area contributed by atoms with Crippen LogP contribution in [0.1, 0.15) is 105 Å². The number of fused-ring (bicyclic) bond motifs is 5. The highest BCUT2D eigenvalue weighted by atomic mass is 31.2. The molecule has 1 unspecified atom stereocenters. The number of ether oxygens (including phenoxy) is 2. The maximum atomic E-state index is 11.6. The molecule has 0 saturated heterocycles. The molecule has 42 heavy (non-hydrogen) atoms. The largest absolute Gasteiger partial charge is 0.480 e. The Morgan fingerprint density at radius 3 is 2.50 bits per heavy atom. The van der Waals surface area contributed by atoms with Gasteiger partial charge in [0.1, 0.15) is 0 Å². The number of rotatable bonds is 16. The monoisotopic (exact) mass is 612 g/mol. The summed E-state index contributed by atoms with van der Waals surface area (Å²) in [6, 6.07) is 0. The molecule has 3 saturated carbocycles. The summed E-state index contributed by atoms with van der Waals surface area (Å²) >= 11 is 0. The van der Waals surface area contributed by atoms with Crippen LogP contribution in [0.3, 0.4) is 0 Å². The zero-order valence-electron chi connectivity index (χ0n) is 26.7. The summed E-state index contributed by atoms with van der Waals surface area (Å²) in [5.41, 5.74) is 2.44. The second-order valence-corrected chi connectivity index (χ2v) is 16.1. The smallest absolute Gasteiger partial charge is 0.472 e. The highest BCUT2D eigenvalue weighted by molar-refractivity contribution is 7.47. The number of phosphoric acid groups is 1. The van der Waals surface area contributed by atoms with Crippen LogP contribution in [-0.4, -0.2) is 55.1 Å². The highest BCUT2D eigenvalue weighted by Gasteiger charge is 2.59. The molecule has 0 heterocycles. The molecule has 0 amide bonds. The number of hydrogen-bond donors (Lipinski definition) is 2. The molecule has 9 heteroatoms. The Morgan fingerprint density at radius 1 is 1.00 bits per heavy atom. The molecule has 4 aliphatic rings. The molecule has 0 aromatic carbocycles. The summed E-state index contributed by atoms with van der Waals surface area (Å²) < 4.78 is 32.3. The SMILES string of the molecule is CC(C)CCC[C@@H](C)[C@H]1CC[C@H]2[C@@H]3CC=C4C[C@@H](OCCOCCOP(=O)(O)OCC(=O)O)CC[C@]4(C)[C@H]3CC[C@]12C. The van der Waals surface area contributed by atoms with Crippen molar-refractivity contribution in [1.82, 2.24) is 0 Å². The topological polar surface area (TPSA) is 112 Å². The molecule has 9 atom stereocenters. The standard InChI is InChI=1S/C33H57O8P/c1-23(2)7-6-8-24(3)28-11-12-29-27-10-9-25-21-26(13-15-32(25,4)30(27)14-16-33(28,29)5)39-19-17-38-18-20-40-42(36,37)41-22-31(34)35/h9,23-24,26-30H,6-8,10-22H2,1-5H3,(H,34,35)(H,36,37)/t24-,26+,27+,28-,29+,30+,32+,33-/m1/s1. The Bertz CT molecular complexity index is 983. The Labute approximate surface area is 253 Å². The number of carboxylic acids is 1. The van der Waals surface area contributed by atoms with E-state index in [-0.39, 0.29) is 19.3 Å². The fourth-order valence-electron chi connectivity index (χ4n) is 9.56.